The first-order chi connectivity index (χ1) is 8.06. The fourth-order valence-electron chi connectivity index (χ4n) is 1.40. The average Bonchev–Trinajstić information content (AvgIpc) is 2.26. The van der Waals surface area contributed by atoms with Crippen molar-refractivity contribution in [1.82, 2.24) is 9.97 Å². The maximum absolute atomic E-state index is 11.6. The first kappa shape index (κ1) is 11.4. The summed E-state index contributed by atoms with van der Waals surface area (Å²) in [6.07, 6.45) is 1.49. The van der Waals surface area contributed by atoms with Gasteiger partial charge < -0.3 is 9.97 Å². The molecule has 0 fully saturated rings. The van der Waals surface area contributed by atoms with Gasteiger partial charge in [-0.3, -0.25) is 9.59 Å². The Bertz CT molecular complexity index is 720. The highest BCUT2D eigenvalue weighted by atomic mass is 35.5. The molecule has 0 aliphatic rings. The van der Waals surface area contributed by atoms with E-state index in [9.17, 15) is 9.59 Å². The van der Waals surface area contributed by atoms with E-state index in [4.69, 9.17) is 11.6 Å². The second kappa shape index (κ2) is 4.43. The Morgan fingerprint density at radius 3 is 2.12 bits per heavy atom. The smallest absolute Gasteiger partial charge is 0.262 e. The molecule has 0 aliphatic carbocycles. The Morgan fingerprint density at radius 2 is 1.59 bits per heavy atom. The van der Waals surface area contributed by atoms with Crippen LogP contribution in [-0.4, -0.2) is 9.97 Å². The molecular weight excluding hydrogens is 240 g/mol. The van der Waals surface area contributed by atoms with Crippen molar-refractivity contribution in [3.63, 3.8) is 0 Å². The van der Waals surface area contributed by atoms with Gasteiger partial charge in [-0.15, -0.1) is 0 Å². The van der Waals surface area contributed by atoms with Crippen LogP contribution in [0.3, 0.4) is 0 Å². The molecule has 2 N–H and O–H groups in total. The van der Waals surface area contributed by atoms with Gasteiger partial charge in [0.25, 0.3) is 11.1 Å². The molecule has 1 heterocycles. The molecule has 0 bridgehead atoms. The average molecular weight is 249 g/mol. The molecule has 1 aromatic heterocycles. The highest BCUT2D eigenvalue weighted by Crippen LogP contribution is 2.09. The van der Waals surface area contributed by atoms with Gasteiger partial charge in [-0.25, -0.2) is 0 Å². The summed E-state index contributed by atoms with van der Waals surface area (Å²) in [4.78, 5) is 28.0. The quantitative estimate of drug-likeness (QED) is 0.744. The predicted molar refractivity (Wildman–Crippen MR) is 67.5 cm³/mol. The molecule has 0 atom stereocenters. The first-order valence-electron chi connectivity index (χ1n) is 4.85. The van der Waals surface area contributed by atoms with Gasteiger partial charge in [0.1, 0.15) is 10.7 Å². The Morgan fingerprint density at radius 1 is 1.06 bits per heavy atom. The van der Waals surface area contributed by atoms with E-state index >= 15 is 0 Å². The summed E-state index contributed by atoms with van der Waals surface area (Å²) in [7, 11) is 0. The number of hydrogen-bond donors (Lipinski definition) is 2. The van der Waals surface area contributed by atoms with E-state index < -0.39 is 11.1 Å². The van der Waals surface area contributed by atoms with Crippen LogP contribution in [0.15, 0.2) is 33.9 Å². The maximum atomic E-state index is 11.6. The second-order valence-corrected chi connectivity index (χ2v) is 3.93. The lowest BCUT2D eigenvalue weighted by atomic mass is 10.2. The van der Waals surface area contributed by atoms with Crippen molar-refractivity contribution in [3.05, 3.63) is 66.3 Å². The maximum Gasteiger partial charge on any atom is 0.262 e. The molecule has 2 aromatic rings. The molecule has 0 spiro atoms. The van der Waals surface area contributed by atoms with Gasteiger partial charge in [0.2, 0.25) is 0 Å². The standard InChI is InChI=1S/C12H9ClN2O2/c1-7-14-11(16)10(12(17)15-7)6-8-2-4-9(13)5-3-8/h2-6H,1H2,(H,14,16)(H,15,17). The summed E-state index contributed by atoms with van der Waals surface area (Å²) < 4.78 is 0. The molecule has 0 unspecified atom stereocenters. The molecule has 2 rings (SSSR count). The van der Waals surface area contributed by atoms with E-state index in [1.807, 2.05) is 0 Å². The lowest BCUT2D eigenvalue weighted by Crippen LogP contribution is -2.47. The van der Waals surface area contributed by atoms with Crippen LogP contribution in [0.25, 0.3) is 12.7 Å². The van der Waals surface area contributed by atoms with Crippen LogP contribution >= 0.6 is 11.6 Å². The van der Waals surface area contributed by atoms with Crippen molar-refractivity contribution in [1.29, 1.82) is 0 Å². The van der Waals surface area contributed by atoms with Crippen molar-refractivity contribution < 1.29 is 0 Å². The van der Waals surface area contributed by atoms with Crippen molar-refractivity contribution >= 4 is 24.3 Å². The third-order valence-corrected chi connectivity index (χ3v) is 2.45. The molecule has 0 radical (unpaired) electrons. The van der Waals surface area contributed by atoms with Gasteiger partial charge in [-0.1, -0.05) is 30.3 Å². The Kier molecular flexibility index (Phi) is 2.97. The molecule has 0 saturated carbocycles. The van der Waals surface area contributed by atoms with Gasteiger partial charge in [0.05, 0.1) is 0 Å². The van der Waals surface area contributed by atoms with E-state index in [0.29, 0.717) is 5.02 Å². The van der Waals surface area contributed by atoms with E-state index in [0.717, 1.165) is 5.56 Å². The minimum atomic E-state index is -0.464. The molecule has 0 amide bonds. The first-order valence-corrected chi connectivity index (χ1v) is 5.23. The monoisotopic (exact) mass is 248 g/mol. The highest BCUT2D eigenvalue weighted by molar-refractivity contribution is 6.30. The molecule has 0 aliphatic heterocycles. The summed E-state index contributed by atoms with van der Waals surface area (Å²) in [6.45, 7) is 3.46. The third-order valence-electron chi connectivity index (χ3n) is 2.20. The minimum absolute atomic E-state index is 0.0414. The van der Waals surface area contributed by atoms with Gasteiger partial charge in [0.15, 0.2) is 0 Å². The molecule has 5 heteroatoms. The zero-order chi connectivity index (χ0) is 12.4. The van der Waals surface area contributed by atoms with Gasteiger partial charge >= 0.3 is 0 Å². The zero-order valence-electron chi connectivity index (χ0n) is 8.79. The Balaban J connectivity index is 2.70. The lowest BCUT2D eigenvalue weighted by Gasteiger charge is -1.93. The predicted octanol–water partition coefficient (Wildman–Crippen LogP) is -0.0443. The fourth-order valence-corrected chi connectivity index (χ4v) is 1.53. The van der Waals surface area contributed by atoms with Crippen molar-refractivity contribution in [2.24, 2.45) is 0 Å². The number of benzene rings is 1. The summed E-state index contributed by atoms with van der Waals surface area (Å²) in [5.41, 5.74) is -0.0159. The fraction of sp³-hybridized carbons (Fsp3) is 0. The van der Waals surface area contributed by atoms with Crippen molar-refractivity contribution in [3.8, 4) is 0 Å². The molecule has 86 valence electrons. The topological polar surface area (TPSA) is 65.7 Å². The SMILES string of the molecule is C=c1[nH]c(=O)c(=Cc2ccc(Cl)cc2)c(=O)[nH]1. The van der Waals surface area contributed by atoms with Gasteiger partial charge in [-0.2, -0.15) is 0 Å². The second-order valence-electron chi connectivity index (χ2n) is 3.50. The van der Waals surface area contributed by atoms with Crippen LogP contribution in [-0.2, 0) is 0 Å². The summed E-state index contributed by atoms with van der Waals surface area (Å²) >= 11 is 5.74. The van der Waals surface area contributed by atoms with E-state index in [-0.39, 0.29) is 10.7 Å². The van der Waals surface area contributed by atoms with Crippen LogP contribution in [0.1, 0.15) is 5.56 Å². The largest absolute Gasteiger partial charge is 0.308 e. The highest BCUT2D eigenvalue weighted by Gasteiger charge is 1.96. The number of halogens is 1. The van der Waals surface area contributed by atoms with E-state index in [1.165, 1.54) is 6.08 Å². The summed E-state index contributed by atoms with van der Waals surface area (Å²) in [5, 5.41) is 0.637. The zero-order valence-corrected chi connectivity index (χ0v) is 9.54. The summed E-state index contributed by atoms with van der Waals surface area (Å²) in [5.74, 6) is 0. The molecule has 1 aromatic carbocycles. The number of nitrogens with one attached hydrogen (secondary N) is 2. The Labute approximate surface area is 101 Å². The van der Waals surface area contributed by atoms with Crippen molar-refractivity contribution in [2.45, 2.75) is 0 Å². The van der Waals surface area contributed by atoms with Crippen molar-refractivity contribution in [2.75, 3.05) is 0 Å². The minimum Gasteiger partial charge on any atom is -0.308 e. The summed E-state index contributed by atoms with van der Waals surface area (Å²) in [6, 6.07) is 6.82. The van der Waals surface area contributed by atoms with E-state index in [1.54, 1.807) is 24.3 Å². The van der Waals surface area contributed by atoms with Crippen LogP contribution in [0.5, 0.6) is 0 Å². The van der Waals surface area contributed by atoms with E-state index in [2.05, 4.69) is 16.5 Å². The Hall–Kier alpha value is -2.07. The van der Waals surface area contributed by atoms with Crippen LogP contribution in [0.4, 0.5) is 0 Å². The molecule has 4 nitrogen and oxygen atoms in total. The molecule has 0 saturated heterocycles. The lowest BCUT2D eigenvalue weighted by molar-refractivity contribution is 0.993. The normalized spacial score (nSPS) is 10.2. The molecular formula is C12H9ClN2O2. The number of hydrogen-bond acceptors (Lipinski definition) is 2. The van der Waals surface area contributed by atoms with Gasteiger partial charge in [-0.05, 0) is 23.8 Å². The number of aromatic amines is 2. The van der Waals surface area contributed by atoms with Gasteiger partial charge in [0, 0.05) is 5.02 Å². The number of H-pyrrole nitrogens is 2. The number of aromatic nitrogens is 2. The third kappa shape index (κ3) is 2.54. The van der Waals surface area contributed by atoms with Crippen LogP contribution < -0.4 is 21.8 Å². The van der Waals surface area contributed by atoms with Crippen LogP contribution in [0.2, 0.25) is 5.02 Å². The molecule has 17 heavy (non-hydrogen) atoms. The van der Waals surface area contributed by atoms with Crippen LogP contribution in [0, 0.1) is 0 Å². The number of rotatable bonds is 1.